The smallest absolute Gasteiger partial charge is 0.255 e. The predicted molar refractivity (Wildman–Crippen MR) is 127 cm³/mol. The van der Waals surface area contributed by atoms with E-state index in [1.165, 1.54) is 0 Å². The highest BCUT2D eigenvalue weighted by Gasteiger charge is 2.14. The van der Waals surface area contributed by atoms with E-state index in [1.54, 1.807) is 55.6 Å². The van der Waals surface area contributed by atoms with Crippen LogP contribution in [0.1, 0.15) is 27.1 Å². The lowest BCUT2D eigenvalue weighted by Crippen LogP contribution is -2.26. The Kier molecular flexibility index (Phi) is 9.29. The molecular formula is C26H28N2O5. The SMILES string of the molecule is COCCCNC(=O)c1ccccc1NC(=O)c1cccc(OCCOc2ccccc2)c1. The van der Waals surface area contributed by atoms with Gasteiger partial charge in [0.05, 0.1) is 11.3 Å². The lowest BCUT2D eigenvalue weighted by atomic mass is 10.1. The Morgan fingerprint density at radius 2 is 1.45 bits per heavy atom. The molecule has 2 amide bonds. The van der Waals surface area contributed by atoms with Gasteiger partial charge in [0.1, 0.15) is 24.7 Å². The lowest BCUT2D eigenvalue weighted by Gasteiger charge is -2.12. The second-order valence-electron chi connectivity index (χ2n) is 7.14. The zero-order chi connectivity index (χ0) is 23.3. The molecule has 7 heteroatoms. The molecule has 3 aromatic rings. The Morgan fingerprint density at radius 3 is 2.24 bits per heavy atom. The van der Waals surface area contributed by atoms with E-state index in [4.69, 9.17) is 14.2 Å². The Labute approximate surface area is 193 Å². The van der Waals surface area contributed by atoms with Crippen molar-refractivity contribution >= 4 is 17.5 Å². The monoisotopic (exact) mass is 448 g/mol. The van der Waals surface area contributed by atoms with Gasteiger partial charge >= 0.3 is 0 Å². The number of carbonyl (C=O) groups is 2. The summed E-state index contributed by atoms with van der Waals surface area (Å²) < 4.78 is 16.3. The van der Waals surface area contributed by atoms with Crippen molar-refractivity contribution in [1.29, 1.82) is 0 Å². The van der Waals surface area contributed by atoms with Gasteiger partial charge in [-0.1, -0.05) is 36.4 Å². The fraction of sp³-hybridized carbons (Fsp3) is 0.231. The molecule has 0 aliphatic carbocycles. The summed E-state index contributed by atoms with van der Waals surface area (Å²) in [5.74, 6) is 0.747. The first-order chi connectivity index (χ1) is 16.2. The van der Waals surface area contributed by atoms with Crippen LogP contribution in [0.15, 0.2) is 78.9 Å². The molecular weight excluding hydrogens is 420 g/mol. The normalized spacial score (nSPS) is 10.3. The van der Waals surface area contributed by atoms with Crippen molar-refractivity contribution in [2.24, 2.45) is 0 Å². The number of methoxy groups -OCH3 is 1. The lowest BCUT2D eigenvalue weighted by molar-refractivity contribution is 0.0949. The minimum absolute atomic E-state index is 0.252. The third kappa shape index (κ3) is 7.66. The number of carbonyl (C=O) groups excluding carboxylic acids is 2. The van der Waals surface area contributed by atoms with E-state index in [0.717, 1.165) is 5.75 Å². The van der Waals surface area contributed by atoms with Gasteiger partial charge in [0.25, 0.3) is 11.8 Å². The first-order valence-corrected chi connectivity index (χ1v) is 10.8. The van der Waals surface area contributed by atoms with Crippen molar-refractivity contribution in [3.05, 3.63) is 90.0 Å². The van der Waals surface area contributed by atoms with Gasteiger partial charge in [-0.25, -0.2) is 0 Å². The Bertz CT molecular complexity index is 1040. The zero-order valence-electron chi connectivity index (χ0n) is 18.6. The van der Waals surface area contributed by atoms with Crippen molar-refractivity contribution in [1.82, 2.24) is 5.32 Å². The highest BCUT2D eigenvalue weighted by Crippen LogP contribution is 2.19. The maximum absolute atomic E-state index is 12.8. The van der Waals surface area contributed by atoms with Crippen molar-refractivity contribution < 1.29 is 23.8 Å². The van der Waals surface area contributed by atoms with E-state index in [1.807, 2.05) is 30.3 Å². The standard InChI is InChI=1S/C26H28N2O5/c1-31-16-8-15-27-26(30)23-13-5-6-14-24(23)28-25(29)20-9-7-12-22(19-20)33-18-17-32-21-10-3-2-4-11-21/h2-7,9-14,19H,8,15-18H2,1H3,(H,27,30)(H,28,29). The second kappa shape index (κ2) is 12.9. The first-order valence-electron chi connectivity index (χ1n) is 10.8. The molecule has 0 unspecified atom stereocenters. The molecule has 0 radical (unpaired) electrons. The van der Waals surface area contributed by atoms with Crippen LogP contribution in [0.25, 0.3) is 0 Å². The number of hydrogen-bond acceptors (Lipinski definition) is 5. The van der Waals surface area contributed by atoms with Crippen LogP contribution in [0.3, 0.4) is 0 Å². The number of para-hydroxylation sites is 2. The number of amides is 2. The molecule has 3 rings (SSSR count). The van der Waals surface area contributed by atoms with E-state index >= 15 is 0 Å². The average molecular weight is 449 g/mol. The number of hydrogen-bond donors (Lipinski definition) is 2. The highest BCUT2D eigenvalue weighted by atomic mass is 16.5. The van der Waals surface area contributed by atoms with E-state index in [2.05, 4.69) is 10.6 Å². The second-order valence-corrected chi connectivity index (χ2v) is 7.14. The Balaban J connectivity index is 1.55. The van der Waals surface area contributed by atoms with Crippen LogP contribution in [0.2, 0.25) is 0 Å². The summed E-state index contributed by atoms with van der Waals surface area (Å²) in [7, 11) is 1.62. The fourth-order valence-corrected chi connectivity index (χ4v) is 3.06. The minimum atomic E-state index is -0.333. The molecule has 0 spiro atoms. The van der Waals surface area contributed by atoms with Gasteiger partial charge in [0.2, 0.25) is 0 Å². The van der Waals surface area contributed by atoms with E-state index < -0.39 is 0 Å². The van der Waals surface area contributed by atoms with Crippen LogP contribution in [-0.4, -0.2) is 45.3 Å². The van der Waals surface area contributed by atoms with Gasteiger partial charge < -0.3 is 24.8 Å². The van der Waals surface area contributed by atoms with Crippen molar-refractivity contribution in [2.75, 3.05) is 38.8 Å². The van der Waals surface area contributed by atoms with Gasteiger partial charge in [-0.2, -0.15) is 0 Å². The molecule has 7 nitrogen and oxygen atoms in total. The summed E-state index contributed by atoms with van der Waals surface area (Å²) in [5.41, 5.74) is 1.26. The van der Waals surface area contributed by atoms with Crippen LogP contribution < -0.4 is 20.1 Å². The molecule has 0 aromatic heterocycles. The maximum atomic E-state index is 12.8. The largest absolute Gasteiger partial charge is 0.490 e. The van der Waals surface area contributed by atoms with Crippen LogP contribution >= 0.6 is 0 Å². The summed E-state index contributed by atoms with van der Waals surface area (Å²) >= 11 is 0. The van der Waals surface area contributed by atoms with E-state index in [0.29, 0.717) is 55.4 Å². The van der Waals surface area contributed by atoms with Crippen LogP contribution in [0.5, 0.6) is 11.5 Å². The zero-order valence-corrected chi connectivity index (χ0v) is 18.6. The maximum Gasteiger partial charge on any atom is 0.255 e. The summed E-state index contributed by atoms with van der Waals surface area (Å²) in [6.07, 6.45) is 0.708. The summed E-state index contributed by atoms with van der Waals surface area (Å²) in [6, 6.07) is 23.3. The fourth-order valence-electron chi connectivity index (χ4n) is 3.06. The van der Waals surface area contributed by atoms with Crippen molar-refractivity contribution in [2.45, 2.75) is 6.42 Å². The summed E-state index contributed by atoms with van der Waals surface area (Å²) in [6.45, 7) is 1.77. The molecule has 3 aromatic carbocycles. The first kappa shape index (κ1) is 23.8. The summed E-state index contributed by atoms with van der Waals surface area (Å²) in [5, 5.41) is 5.66. The Hall–Kier alpha value is -3.84. The molecule has 0 bridgehead atoms. The Morgan fingerprint density at radius 1 is 0.758 bits per heavy atom. The van der Waals surface area contributed by atoms with Gasteiger partial charge in [-0.15, -0.1) is 0 Å². The minimum Gasteiger partial charge on any atom is -0.490 e. The van der Waals surface area contributed by atoms with Crippen LogP contribution in [0.4, 0.5) is 5.69 Å². The van der Waals surface area contributed by atoms with Gasteiger partial charge in [-0.05, 0) is 48.9 Å². The third-order valence-electron chi connectivity index (χ3n) is 4.69. The summed E-state index contributed by atoms with van der Waals surface area (Å²) in [4.78, 5) is 25.3. The molecule has 33 heavy (non-hydrogen) atoms. The molecule has 172 valence electrons. The molecule has 0 saturated heterocycles. The molecule has 0 aliphatic rings. The van der Waals surface area contributed by atoms with Gasteiger partial charge in [-0.3, -0.25) is 9.59 Å². The molecule has 0 heterocycles. The number of rotatable bonds is 12. The van der Waals surface area contributed by atoms with Crippen molar-refractivity contribution in [3.63, 3.8) is 0 Å². The van der Waals surface area contributed by atoms with E-state index in [-0.39, 0.29) is 11.8 Å². The molecule has 0 atom stereocenters. The number of anilines is 1. The number of benzene rings is 3. The van der Waals surface area contributed by atoms with Crippen LogP contribution in [-0.2, 0) is 4.74 Å². The molecule has 2 N–H and O–H groups in total. The van der Waals surface area contributed by atoms with Crippen molar-refractivity contribution in [3.8, 4) is 11.5 Å². The van der Waals surface area contributed by atoms with Crippen LogP contribution in [0, 0.1) is 0 Å². The average Bonchev–Trinajstić information content (AvgIpc) is 2.85. The molecule has 0 saturated carbocycles. The molecule has 0 fully saturated rings. The topological polar surface area (TPSA) is 85.9 Å². The quantitative estimate of drug-likeness (QED) is 0.406. The third-order valence-corrected chi connectivity index (χ3v) is 4.69. The molecule has 0 aliphatic heterocycles. The number of ether oxygens (including phenoxy) is 3. The van der Waals surface area contributed by atoms with Gasteiger partial charge in [0, 0.05) is 25.8 Å². The number of nitrogens with one attached hydrogen (secondary N) is 2. The van der Waals surface area contributed by atoms with Gasteiger partial charge in [0.15, 0.2) is 0 Å². The van der Waals surface area contributed by atoms with E-state index in [9.17, 15) is 9.59 Å². The predicted octanol–water partition coefficient (Wildman–Crippen LogP) is 4.16. The highest BCUT2D eigenvalue weighted by molar-refractivity contribution is 6.09.